The van der Waals surface area contributed by atoms with E-state index in [1.54, 1.807) is 0 Å². The summed E-state index contributed by atoms with van der Waals surface area (Å²) in [7, 11) is 0. The molecule has 1 atom stereocenters. The van der Waals surface area contributed by atoms with Gasteiger partial charge in [-0.15, -0.1) is 0 Å². The second-order valence-corrected chi connectivity index (χ2v) is 3.16. The Hall–Kier alpha value is -1.83. The first-order valence-electron chi connectivity index (χ1n) is 4.48. The van der Waals surface area contributed by atoms with Gasteiger partial charge in [0.05, 0.1) is 17.4 Å². The minimum absolute atomic E-state index is 0.0803. The zero-order chi connectivity index (χ0) is 13.1. The number of carbonyl (C=O) groups is 1. The number of aromatic carboxylic acids is 1. The zero-order valence-electron chi connectivity index (χ0n) is 8.40. The minimum Gasteiger partial charge on any atom is -0.478 e. The zero-order valence-corrected chi connectivity index (χ0v) is 8.40. The lowest BCUT2D eigenvalue weighted by molar-refractivity contribution is -0.198. The third-order valence-corrected chi connectivity index (χ3v) is 1.92. The molecule has 0 radical (unpaired) electrons. The fourth-order valence-corrected chi connectivity index (χ4v) is 1.04. The number of nitrogens with one attached hydrogen (secondary N) is 1. The molecule has 0 aliphatic heterocycles. The van der Waals surface area contributed by atoms with Crippen LogP contribution in [0.1, 0.15) is 10.4 Å². The molecule has 5 nitrogen and oxygen atoms in total. The first-order valence-corrected chi connectivity index (χ1v) is 4.48. The first kappa shape index (κ1) is 13.2. The van der Waals surface area contributed by atoms with E-state index in [4.69, 9.17) is 10.2 Å². The van der Waals surface area contributed by atoms with Gasteiger partial charge in [-0.25, -0.2) is 4.79 Å². The van der Waals surface area contributed by atoms with Gasteiger partial charge < -0.3 is 15.5 Å². The Bertz CT molecular complexity index is 409. The smallest absolute Gasteiger partial charge is 0.416 e. The lowest BCUT2D eigenvalue weighted by Crippen LogP contribution is -2.35. The van der Waals surface area contributed by atoms with E-state index in [-0.39, 0.29) is 11.3 Å². The van der Waals surface area contributed by atoms with Crippen LogP contribution in [0.3, 0.4) is 0 Å². The topological polar surface area (TPSA) is 82.5 Å². The van der Waals surface area contributed by atoms with Crippen molar-refractivity contribution in [2.45, 2.75) is 12.3 Å². The van der Waals surface area contributed by atoms with Gasteiger partial charge in [0, 0.05) is 12.7 Å². The van der Waals surface area contributed by atoms with Crippen molar-refractivity contribution in [1.29, 1.82) is 0 Å². The molecule has 0 aliphatic carbocycles. The fourth-order valence-electron chi connectivity index (χ4n) is 1.04. The Kier molecular flexibility index (Phi) is 3.89. The van der Waals surface area contributed by atoms with E-state index in [0.29, 0.717) is 0 Å². The summed E-state index contributed by atoms with van der Waals surface area (Å²) in [5, 5.41) is 19.6. The van der Waals surface area contributed by atoms with Crippen LogP contribution < -0.4 is 5.32 Å². The molecule has 8 heteroatoms. The number of alkyl halides is 3. The molecule has 1 rings (SSSR count). The summed E-state index contributed by atoms with van der Waals surface area (Å²) in [6.45, 7) is -0.838. The molecule has 0 bridgehead atoms. The number of hydrogen-bond donors (Lipinski definition) is 3. The van der Waals surface area contributed by atoms with Gasteiger partial charge in [-0.2, -0.15) is 13.2 Å². The Labute approximate surface area is 93.9 Å². The highest BCUT2D eigenvalue weighted by Crippen LogP contribution is 2.21. The maximum Gasteiger partial charge on any atom is 0.416 e. The number of hydrogen-bond acceptors (Lipinski definition) is 4. The van der Waals surface area contributed by atoms with E-state index in [2.05, 4.69) is 10.3 Å². The van der Waals surface area contributed by atoms with E-state index >= 15 is 0 Å². The van der Waals surface area contributed by atoms with Crippen molar-refractivity contribution in [1.82, 2.24) is 4.98 Å². The van der Waals surface area contributed by atoms with Gasteiger partial charge >= 0.3 is 12.1 Å². The van der Waals surface area contributed by atoms with Crippen LogP contribution in [0, 0.1) is 0 Å². The number of carboxylic acid groups (broad SMARTS) is 1. The lowest BCUT2D eigenvalue weighted by atomic mass is 10.2. The van der Waals surface area contributed by atoms with Crippen LogP contribution in [0.15, 0.2) is 18.5 Å². The van der Waals surface area contributed by atoms with Crippen molar-refractivity contribution in [2.24, 2.45) is 0 Å². The number of pyridine rings is 1. The van der Waals surface area contributed by atoms with E-state index in [9.17, 15) is 18.0 Å². The molecule has 0 spiro atoms. The Morgan fingerprint density at radius 2 is 2.18 bits per heavy atom. The van der Waals surface area contributed by atoms with Crippen molar-refractivity contribution < 1.29 is 28.2 Å². The van der Waals surface area contributed by atoms with E-state index in [1.807, 2.05) is 0 Å². The summed E-state index contributed by atoms with van der Waals surface area (Å²) in [6.07, 6.45) is -5.04. The predicted molar refractivity (Wildman–Crippen MR) is 51.7 cm³/mol. The van der Waals surface area contributed by atoms with Crippen molar-refractivity contribution in [3.8, 4) is 0 Å². The van der Waals surface area contributed by atoms with E-state index in [1.165, 1.54) is 6.20 Å². The molecule has 94 valence electrons. The molecule has 0 saturated heterocycles. The quantitative estimate of drug-likeness (QED) is 0.745. The predicted octanol–water partition coefficient (Wildman–Crippen LogP) is 1.11. The third kappa shape index (κ3) is 3.59. The maximum atomic E-state index is 12.0. The van der Waals surface area contributed by atoms with Gasteiger partial charge in [-0.05, 0) is 6.07 Å². The van der Waals surface area contributed by atoms with Crippen LogP contribution in [0.5, 0.6) is 0 Å². The second-order valence-electron chi connectivity index (χ2n) is 3.16. The molecule has 1 heterocycles. The number of aromatic nitrogens is 1. The van der Waals surface area contributed by atoms with Crippen LogP contribution in [0.2, 0.25) is 0 Å². The number of carboxylic acids is 1. The SMILES string of the molecule is O=C(O)c1ccncc1NCC(O)C(F)(F)F. The number of aliphatic hydroxyl groups excluding tert-OH is 1. The highest BCUT2D eigenvalue weighted by molar-refractivity contribution is 5.93. The van der Waals surface area contributed by atoms with E-state index < -0.39 is 24.8 Å². The summed E-state index contributed by atoms with van der Waals surface area (Å²) >= 11 is 0. The van der Waals surface area contributed by atoms with Crippen molar-refractivity contribution in [2.75, 3.05) is 11.9 Å². The molecular weight excluding hydrogens is 241 g/mol. The molecule has 0 saturated carbocycles. The van der Waals surface area contributed by atoms with Crippen LogP contribution in [-0.4, -0.2) is 40.0 Å². The summed E-state index contributed by atoms with van der Waals surface area (Å²) in [6, 6.07) is 1.14. The largest absolute Gasteiger partial charge is 0.478 e. The second kappa shape index (κ2) is 5.00. The molecule has 0 aromatic carbocycles. The Balaban J connectivity index is 2.73. The number of nitrogens with zero attached hydrogens (tertiary/aromatic N) is 1. The standard InChI is InChI=1S/C9H9F3N2O3/c10-9(11,12)7(15)4-14-6-3-13-2-1-5(6)8(16)17/h1-3,7,14-15H,4H2,(H,16,17). The normalized spacial score (nSPS) is 13.2. The van der Waals surface area contributed by atoms with E-state index in [0.717, 1.165) is 12.3 Å². The van der Waals surface area contributed by atoms with Gasteiger partial charge in [0.2, 0.25) is 0 Å². The number of halogens is 3. The van der Waals surface area contributed by atoms with Crippen LogP contribution in [0.4, 0.5) is 18.9 Å². The molecule has 1 aromatic rings. The average Bonchev–Trinajstić information content (AvgIpc) is 2.24. The fraction of sp³-hybridized carbons (Fsp3) is 0.333. The maximum absolute atomic E-state index is 12.0. The minimum atomic E-state index is -4.75. The van der Waals surface area contributed by atoms with Crippen LogP contribution >= 0.6 is 0 Å². The molecular formula is C9H9F3N2O3. The summed E-state index contributed by atoms with van der Waals surface area (Å²) in [4.78, 5) is 14.3. The summed E-state index contributed by atoms with van der Waals surface area (Å²) < 4.78 is 36.0. The van der Waals surface area contributed by atoms with Crippen molar-refractivity contribution in [3.05, 3.63) is 24.0 Å². The highest BCUT2D eigenvalue weighted by Gasteiger charge is 2.37. The molecule has 17 heavy (non-hydrogen) atoms. The number of anilines is 1. The molecule has 0 aliphatic rings. The van der Waals surface area contributed by atoms with Crippen molar-refractivity contribution in [3.63, 3.8) is 0 Å². The van der Waals surface area contributed by atoms with Crippen LogP contribution in [0.25, 0.3) is 0 Å². The van der Waals surface area contributed by atoms with Crippen molar-refractivity contribution >= 4 is 11.7 Å². The van der Waals surface area contributed by atoms with Gasteiger partial charge in [0.1, 0.15) is 0 Å². The lowest BCUT2D eigenvalue weighted by Gasteiger charge is -2.16. The third-order valence-electron chi connectivity index (χ3n) is 1.92. The molecule has 3 N–H and O–H groups in total. The molecule has 0 amide bonds. The Morgan fingerprint density at radius 3 is 2.71 bits per heavy atom. The van der Waals surface area contributed by atoms with Gasteiger partial charge in [-0.1, -0.05) is 0 Å². The number of aliphatic hydroxyl groups is 1. The number of rotatable bonds is 4. The molecule has 1 aromatic heterocycles. The summed E-state index contributed by atoms with van der Waals surface area (Å²) in [5.41, 5.74) is -0.294. The first-order chi connectivity index (χ1) is 7.82. The Morgan fingerprint density at radius 1 is 1.53 bits per heavy atom. The molecule has 1 unspecified atom stereocenters. The monoisotopic (exact) mass is 250 g/mol. The average molecular weight is 250 g/mol. The highest BCUT2D eigenvalue weighted by atomic mass is 19.4. The molecule has 0 fully saturated rings. The van der Waals surface area contributed by atoms with Gasteiger partial charge in [0.15, 0.2) is 6.10 Å². The summed E-state index contributed by atoms with van der Waals surface area (Å²) in [5.74, 6) is -1.30. The van der Waals surface area contributed by atoms with Crippen LogP contribution in [-0.2, 0) is 0 Å². The van der Waals surface area contributed by atoms with Gasteiger partial charge in [0.25, 0.3) is 0 Å². The van der Waals surface area contributed by atoms with Gasteiger partial charge in [-0.3, -0.25) is 4.98 Å².